The summed E-state index contributed by atoms with van der Waals surface area (Å²) in [5, 5.41) is 4.99. The van der Waals surface area contributed by atoms with Crippen molar-refractivity contribution in [3.63, 3.8) is 0 Å². The lowest BCUT2D eigenvalue weighted by molar-refractivity contribution is 0.228. The van der Waals surface area contributed by atoms with Crippen molar-refractivity contribution in [1.29, 1.82) is 0 Å². The van der Waals surface area contributed by atoms with E-state index < -0.39 is 0 Å². The number of H-pyrrole nitrogens is 1. The molecular formula is C18H22N4S. The lowest BCUT2D eigenvalue weighted by Crippen LogP contribution is -2.42. The van der Waals surface area contributed by atoms with Gasteiger partial charge in [0.15, 0.2) is 0 Å². The number of aromatic amines is 1. The molecule has 2 N–H and O–H groups in total. The molecule has 0 saturated carbocycles. The number of rotatable bonds is 4. The molecule has 1 aliphatic heterocycles. The largest absolute Gasteiger partial charge is 0.363 e. The smallest absolute Gasteiger partial charge is 0.117 e. The van der Waals surface area contributed by atoms with Gasteiger partial charge in [-0.15, -0.1) is 11.3 Å². The third-order valence-electron chi connectivity index (χ3n) is 4.61. The fourth-order valence-corrected chi connectivity index (χ4v) is 4.29. The van der Waals surface area contributed by atoms with Crippen LogP contribution in [0.15, 0.2) is 42.6 Å². The number of hydrogen-bond donors (Lipinski definition) is 2. The molecule has 1 fully saturated rings. The van der Waals surface area contributed by atoms with E-state index in [2.05, 4.69) is 58.6 Å². The van der Waals surface area contributed by atoms with Crippen molar-refractivity contribution < 1.29 is 0 Å². The number of nitrogens with zero attached hydrogens (tertiary/aromatic N) is 2. The fourth-order valence-electron chi connectivity index (χ4n) is 3.24. The molecule has 1 saturated heterocycles. The molecule has 0 spiro atoms. The highest BCUT2D eigenvalue weighted by Crippen LogP contribution is 2.30. The fraction of sp³-hybridized carbons (Fsp3) is 0.389. The molecule has 0 aliphatic carbocycles. The van der Waals surface area contributed by atoms with Crippen molar-refractivity contribution in [2.45, 2.75) is 24.9 Å². The third-order valence-corrected chi connectivity index (χ3v) is 5.71. The zero-order valence-corrected chi connectivity index (χ0v) is 14.1. The van der Waals surface area contributed by atoms with Gasteiger partial charge in [0.25, 0.3) is 0 Å². The van der Waals surface area contributed by atoms with E-state index in [0.29, 0.717) is 6.04 Å². The highest BCUT2D eigenvalue weighted by Gasteiger charge is 2.25. The van der Waals surface area contributed by atoms with Gasteiger partial charge in [-0.2, -0.15) is 0 Å². The molecule has 0 amide bonds. The monoisotopic (exact) mass is 326 g/mol. The van der Waals surface area contributed by atoms with Crippen LogP contribution in [0.3, 0.4) is 0 Å². The Labute approximate surface area is 140 Å². The van der Waals surface area contributed by atoms with E-state index in [1.807, 2.05) is 6.20 Å². The SMILES string of the molecule is CN1CCC(NC(c2ccc[nH]2)c2nc3ccccc3s2)CC1. The predicted octanol–water partition coefficient (Wildman–Crippen LogP) is 3.40. The molecule has 4 rings (SSSR count). The number of fused-ring (bicyclic) bond motifs is 1. The minimum Gasteiger partial charge on any atom is -0.363 e. The maximum Gasteiger partial charge on any atom is 0.117 e. The van der Waals surface area contributed by atoms with E-state index in [1.54, 1.807) is 11.3 Å². The summed E-state index contributed by atoms with van der Waals surface area (Å²) in [5.74, 6) is 0. The van der Waals surface area contributed by atoms with Gasteiger partial charge in [-0.3, -0.25) is 0 Å². The first-order chi connectivity index (χ1) is 11.3. The highest BCUT2D eigenvalue weighted by molar-refractivity contribution is 7.18. The second-order valence-corrected chi connectivity index (χ2v) is 7.38. The Hall–Kier alpha value is -1.69. The van der Waals surface area contributed by atoms with E-state index in [9.17, 15) is 0 Å². The maximum atomic E-state index is 4.88. The first-order valence-corrected chi connectivity index (χ1v) is 9.04. The lowest BCUT2D eigenvalue weighted by atomic mass is 10.0. The quantitative estimate of drug-likeness (QED) is 0.772. The number of para-hydroxylation sites is 1. The Morgan fingerprint density at radius 1 is 1.22 bits per heavy atom. The Morgan fingerprint density at radius 2 is 2.04 bits per heavy atom. The van der Waals surface area contributed by atoms with Gasteiger partial charge in [-0.25, -0.2) is 4.98 Å². The summed E-state index contributed by atoms with van der Waals surface area (Å²) in [6, 6.07) is 13.3. The van der Waals surface area contributed by atoms with Crippen molar-refractivity contribution in [3.8, 4) is 0 Å². The third kappa shape index (κ3) is 3.17. The molecule has 120 valence electrons. The molecule has 1 aromatic carbocycles. The van der Waals surface area contributed by atoms with Crippen molar-refractivity contribution in [1.82, 2.24) is 20.2 Å². The maximum absolute atomic E-state index is 4.88. The molecule has 4 nitrogen and oxygen atoms in total. The zero-order valence-electron chi connectivity index (χ0n) is 13.3. The minimum atomic E-state index is 0.149. The van der Waals surface area contributed by atoms with Gasteiger partial charge in [0.05, 0.1) is 10.2 Å². The molecule has 1 unspecified atom stereocenters. The Balaban J connectivity index is 1.63. The van der Waals surface area contributed by atoms with E-state index in [0.717, 1.165) is 23.6 Å². The second kappa shape index (κ2) is 6.43. The molecule has 0 bridgehead atoms. The minimum absolute atomic E-state index is 0.149. The van der Waals surface area contributed by atoms with Gasteiger partial charge in [0.1, 0.15) is 11.0 Å². The van der Waals surface area contributed by atoms with E-state index in [1.165, 1.54) is 23.2 Å². The number of piperidine rings is 1. The number of likely N-dealkylation sites (tertiary alicyclic amines) is 1. The predicted molar refractivity (Wildman–Crippen MR) is 95.9 cm³/mol. The van der Waals surface area contributed by atoms with Crippen LogP contribution in [0.4, 0.5) is 0 Å². The van der Waals surface area contributed by atoms with Crippen molar-refractivity contribution in [2.75, 3.05) is 20.1 Å². The zero-order chi connectivity index (χ0) is 15.6. The molecule has 2 aromatic heterocycles. The van der Waals surface area contributed by atoms with Crippen LogP contribution in [0.25, 0.3) is 10.2 Å². The summed E-state index contributed by atoms with van der Waals surface area (Å²) in [7, 11) is 2.20. The summed E-state index contributed by atoms with van der Waals surface area (Å²) in [5.41, 5.74) is 2.29. The Bertz CT molecular complexity index is 723. The van der Waals surface area contributed by atoms with Crippen LogP contribution in [-0.2, 0) is 0 Å². The van der Waals surface area contributed by atoms with E-state index in [4.69, 9.17) is 4.98 Å². The molecule has 3 heterocycles. The van der Waals surface area contributed by atoms with Gasteiger partial charge in [-0.1, -0.05) is 12.1 Å². The number of aromatic nitrogens is 2. The second-order valence-electron chi connectivity index (χ2n) is 6.32. The van der Waals surface area contributed by atoms with Gasteiger partial charge in [0, 0.05) is 17.9 Å². The Kier molecular flexibility index (Phi) is 4.16. The molecule has 1 atom stereocenters. The molecule has 1 aliphatic rings. The summed E-state index contributed by atoms with van der Waals surface area (Å²) >= 11 is 1.79. The molecule has 23 heavy (non-hydrogen) atoms. The molecular weight excluding hydrogens is 304 g/mol. The number of nitrogens with one attached hydrogen (secondary N) is 2. The van der Waals surface area contributed by atoms with Crippen LogP contribution >= 0.6 is 11.3 Å². The number of hydrogen-bond acceptors (Lipinski definition) is 4. The van der Waals surface area contributed by atoms with Crippen molar-refractivity contribution in [2.24, 2.45) is 0 Å². The van der Waals surface area contributed by atoms with Gasteiger partial charge >= 0.3 is 0 Å². The first kappa shape index (κ1) is 14.9. The summed E-state index contributed by atoms with van der Waals surface area (Å²) in [6.45, 7) is 2.32. The molecule has 5 heteroatoms. The van der Waals surface area contributed by atoms with E-state index >= 15 is 0 Å². The van der Waals surface area contributed by atoms with E-state index in [-0.39, 0.29) is 6.04 Å². The van der Waals surface area contributed by atoms with Crippen LogP contribution < -0.4 is 5.32 Å². The summed E-state index contributed by atoms with van der Waals surface area (Å²) in [6.07, 6.45) is 4.38. The van der Waals surface area contributed by atoms with Gasteiger partial charge < -0.3 is 15.2 Å². The van der Waals surface area contributed by atoms with Crippen molar-refractivity contribution >= 4 is 21.6 Å². The van der Waals surface area contributed by atoms with Crippen LogP contribution in [0.2, 0.25) is 0 Å². The van der Waals surface area contributed by atoms with Crippen LogP contribution in [0.1, 0.15) is 29.6 Å². The average Bonchev–Trinajstić information content (AvgIpc) is 3.23. The first-order valence-electron chi connectivity index (χ1n) is 8.23. The summed E-state index contributed by atoms with van der Waals surface area (Å²) < 4.78 is 1.25. The number of benzene rings is 1. The van der Waals surface area contributed by atoms with Gasteiger partial charge in [-0.05, 0) is 57.2 Å². The lowest BCUT2D eigenvalue weighted by Gasteiger charge is -2.32. The average molecular weight is 326 g/mol. The standard InChI is InChI=1S/C18H22N4S/c1-22-11-8-13(9-12-22)20-17(15-6-4-10-19-15)18-21-14-5-2-3-7-16(14)23-18/h2-7,10,13,17,19-20H,8-9,11-12H2,1H3. The highest BCUT2D eigenvalue weighted by atomic mass is 32.1. The van der Waals surface area contributed by atoms with Crippen LogP contribution in [-0.4, -0.2) is 41.0 Å². The van der Waals surface area contributed by atoms with Crippen molar-refractivity contribution in [3.05, 3.63) is 53.3 Å². The molecule has 3 aromatic rings. The van der Waals surface area contributed by atoms with Crippen LogP contribution in [0.5, 0.6) is 0 Å². The van der Waals surface area contributed by atoms with Crippen LogP contribution in [0, 0.1) is 0 Å². The van der Waals surface area contributed by atoms with Gasteiger partial charge in [0.2, 0.25) is 0 Å². The molecule has 0 radical (unpaired) electrons. The topological polar surface area (TPSA) is 44.0 Å². The normalized spacial score (nSPS) is 18.5. The number of thiazole rings is 1. The Morgan fingerprint density at radius 3 is 2.78 bits per heavy atom. The summed E-state index contributed by atoms with van der Waals surface area (Å²) in [4.78, 5) is 10.6.